The predicted octanol–water partition coefficient (Wildman–Crippen LogP) is 3.68. The van der Waals surface area contributed by atoms with Crippen molar-refractivity contribution in [1.29, 1.82) is 0 Å². The zero-order valence-corrected chi connectivity index (χ0v) is 16.9. The number of anilines is 1. The monoisotopic (exact) mass is 412 g/mol. The SMILES string of the molecule is C=CCOC(=O)Oc1ccc(CC(N)C(=O)N2CCCc3cccc(F)c32)c(C)c1. The number of carbonyl (C=O) groups excluding carboxylic acids is 2. The van der Waals surface area contributed by atoms with Gasteiger partial charge in [0, 0.05) is 6.54 Å². The molecular weight excluding hydrogens is 387 g/mol. The lowest BCUT2D eigenvalue weighted by Gasteiger charge is -2.31. The standard InChI is InChI=1S/C23H25FN2O4/c1-3-12-29-23(28)30-18-10-9-17(15(2)13-18)14-20(25)22(27)26-11-5-7-16-6-4-8-19(24)21(16)26/h3-4,6,8-10,13,20H,1,5,7,11-12,14,25H2,2H3. The molecule has 2 N–H and O–H groups in total. The number of para-hydroxylation sites is 1. The van der Waals surface area contributed by atoms with Crippen molar-refractivity contribution in [1.82, 2.24) is 0 Å². The Balaban J connectivity index is 1.69. The molecule has 0 saturated heterocycles. The third-order valence-corrected chi connectivity index (χ3v) is 5.03. The average Bonchev–Trinajstić information content (AvgIpc) is 2.73. The van der Waals surface area contributed by atoms with E-state index >= 15 is 0 Å². The molecule has 6 nitrogen and oxygen atoms in total. The van der Waals surface area contributed by atoms with E-state index in [9.17, 15) is 14.0 Å². The van der Waals surface area contributed by atoms with Crippen LogP contribution in [0.25, 0.3) is 0 Å². The minimum Gasteiger partial charge on any atom is -0.430 e. The molecule has 0 aliphatic carbocycles. The Morgan fingerprint density at radius 1 is 1.33 bits per heavy atom. The van der Waals surface area contributed by atoms with E-state index in [-0.39, 0.29) is 18.9 Å². The van der Waals surface area contributed by atoms with Gasteiger partial charge in [0.1, 0.15) is 18.2 Å². The third-order valence-electron chi connectivity index (χ3n) is 5.03. The predicted molar refractivity (Wildman–Crippen MR) is 112 cm³/mol. The van der Waals surface area contributed by atoms with E-state index < -0.39 is 18.0 Å². The summed E-state index contributed by atoms with van der Waals surface area (Å²) in [6.45, 7) is 5.81. The van der Waals surface area contributed by atoms with Crippen LogP contribution in [0.5, 0.6) is 5.75 Å². The van der Waals surface area contributed by atoms with Crippen LogP contribution >= 0.6 is 0 Å². The Bertz CT molecular complexity index is 960. The van der Waals surface area contributed by atoms with Crippen molar-refractivity contribution in [2.45, 2.75) is 32.2 Å². The maximum Gasteiger partial charge on any atom is 0.514 e. The number of nitrogens with zero attached hydrogens (tertiary/aromatic N) is 1. The minimum absolute atomic E-state index is 0.0626. The van der Waals surface area contributed by atoms with Crippen molar-refractivity contribution in [2.24, 2.45) is 5.73 Å². The Kier molecular flexibility index (Phi) is 6.84. The van der Waals surface area contributed by atoms with Crippen LogP contribution < -0.4 is 15.4 Å². The molecule has 1 unspecified atom stereocenters. The van der Waals surface area contributed by atoms with Crippen LogP contribution in [-0.4, -0.2) is 31.3 Å². The molecule has 1 aliphatic heterocycles. The maximum atomic E-state index is 14.4. The third kappa shape index (κ3) is 4.86. The molecule has 1 heterocycles. The van der Waals surface area contributed by atoms with Crippen molar-refractivity contribution in [2.75, 3.05) is 18.1 Å². The first-order chi connectivity index (χ1) is 14.4. The molecule has 2 aromatic rings. The normalized spacial score (nSPS) is 13.9. The number of carbonyl (C=O) groups is 2. The molecule has 0 radical (unpaired) electrons. The summed E-state index contributed by atoms with van der Waals surface area (Å²) in [6.07, 6.45) is 2.41. The molecule has 3 rings (SSSR count). The first-order valence-corrected chi connectivity index (χ1v) is 9.80. The lowest BCUT2D eigenvalue weighted by Crippen LogP contribution is -2.47. The highest BCUT2D eigenvalue weighted by Crippen LogP contribution is 2.30. The fraction of sp³-hybridized carbons (Fsp3) is 0.304. The maximum absolute atomic E-state index is 14.4. The highest BCUT2D eigenvalue weighted by Gasteiger charge is 2.29. The first kappa shape index (κ1) is 21.5. The van der Waals surface area contributed by atoms with Gasteiger partial charge >= 0.3 is 6.16 Å². The van der Waals surface area contributed by atoms with Gasteiger partial charge in [-0.3, -0.25) is 4.79 Å². The summed E-state index contributed by atoms with van der Waals surface area (Å²) in [7, 11) is 0. The molecule has 0 bridgehead atoms. The van der Waals surface area contributed by atoms with Gasteiger partial charge in [-0.25, -0.2) is 9.18 Å². The van der Waals surface area contributed by atoms with Gasteiger partial charge in [0.25, 0.3) is 0 Å². The van der Waals surface area contributed by atoms with Crippen molar-refractivity contribution < 1.29 is 23.5 Å². The van der Waals surface area contributed by atoms with Crippen LogP contribution in [0, 0.1) is 12.7 Å². The van der Waals surface area contributed by atoms with Crippen molar-refractivity contribution in [3.63, 3.8) is 0 Å². The van der Waals surface area contributed by atoms with Crippen LogP contribution in [-0.2, 0) is 22.4 Å². The second-order valence-electron chi connectivity index (χ2n) is 7.19. The molecular formula is C23H25FN2O4. The number of benzene rings is 2. The van der Waals surface area contributed by atoms with Crippen LogP contribution in [0.2, 0.25) is 0 Å². The van der Waals surface area contributed by atoms with E-state index in [2.05, 4.69) is 6.58 Å². The lowest BCUT2D eigenvalue weighted by atomic mass is 9.97. The van der Waals surface area contributed by atoms with Gasteiger partial charge in [0.2, 0.25) is 5.91 Å². The number of nitrogens with two attached hydrogens (primary N) is 1. The number of ether oxygens (including phenoxy) is 2. The summed E-state index contributed by atoms with van der Waals surface area (Å²) < 4.78 is 24.3. The molecule has 1 atom stereocenters. The molecule has 158 valence electrons. The van der Waals surface area contributed by atoms with Gasteiger partial charge < -0.3 is 20.1 Å². The van der Waals surface area contributed by atoms with Crippen LogP contribution in [0.4, 0.5) is 14.9 Å². The number of hydrogen-bond donors (Lipinski definition) is 1. The summed E-state index contributed by atoms with van der Waals surface area (Å²) in [6, 6.07) is 9.08. The second-order valence-corrected chi connectivity index (χ2v) is 7.19. The van der Waals surface area contributed by atoms with Crippen LogP contribution in [0.3, 0.4) is 0 Å². The molecule has 0 saturated carbocycles. The Morgan fingerprint density at radius 2 is 2.13 bits per heavy atom. The van der Waals surface area contributed by atoms with E-state index in [1.54, 1.807) is 24.3 Å². The van der Waals surface area contributed by atoms with E-state index in [1.165, 1.54) is 17.0 Å². The molecule has 0 spiro atoms. The van der Waals surface area contributed by atoms with E-state index in [0.717, 1.165) is 29.5 Å². The largest absolute Gasteiger partial charge is 0.514 e. The minimum atomic E-state index is -0.821. The Labute approximate surface area is 175 Å². The molecule has 2 aromatic carbocycles. The van der Waals surface area contributed by atoms with E-state index in [1.807, 2.05) is 13.0 Å². The van der Waals surface area contributed by atoms with Gasteiger partial charge in [-0.2, -0.15) is 0 Å². The fourth-order valence-corrected chi connectivity index (χ4v) is 3.56. The number of halogens is 1. The topological polar surface area (TPSA) is 81.9 Å². The number of aryl methyl sites for hydroxylation is 2. The molecule has 7 heteroatoms. The summed E-state index contributed by atoms with van der Waals surface area (Å²) in [4.78, 5) is 26.0. The number of amides is 1. The second kappa shape index (κ2) is 9.54. The summed E-state index contributed by atoms with van der Waals surface area (Å²) in [5, 5.41) is 0. The summed E-state index contributed by atoms with van der Waals surface area (Å²) in [5.41, 5.74) is 9.02. The van der Waals surface area contributed by atoms with E-state index in [4.69, 9.17) is 15.2 Å². The first-order valence-electron chi connectivity index (χ1n) is 9.80. The quantitative estimate of drug-likeness (QED) is 0.445. The fourth-order valence-electron chi connectivity index (χ4n) is 3.56. The van der Waals surface area contributed by atoms with Gasteiger partial charge in [0.05, 0.1) is 11.7 Å². The smallest absolute Gasteiger partial charge is 0.430 e. The van der Waals surface area contributed by atoms with Gasteiger partial charge in [0.15, 0.2) is 0 Å². The number of rotatable bonds is 6. The highest BCUT2D eigenvalue weighted by molar-refractivity contribution is 5.98. The Morgan fingerprint density at radius 3 is 2.87 bits per heavy atom. The Hall–Kier alpha value is -3.19. The lowest BCUT2D eigenvalue weighted by molar-refractivity contribution is -0.119. The molecule has 0 aromatic heterocycles. The van der Waals surface area contributed by atoms with Crippen LogP contribution in [0.1, 0.15) is 23.1 Å². The average molecular weight is 412 g/mol. The molecule has 0 fully saturated rings. The van der Waals surface area contributed by atoms with Crippen molar-refractivity contribution in [3.8, 4) is 5.75 Å². The van der Waals surface area contributed by atoms with Gasteiger partial charge in [-0.1, -0.05) is 30.9 Å². The zero-order valence-electron chi connectivity index (χ0n) is 16.9. The van der Waals surface area contributed by atoms with Crippen LogP contribution in [0.15, 0.2) is 49.1 Å². The highest BCUT2D eigenvalue weighted by atomic mass is 19.1. The number of fused-ring (bicyclic) bond motifs is 1. The summed E-state index contributed by atoms with van der Waals surface area (Å²) >= 11 is 0. The van der Waals surface area contributed by atoms with Crippen molar-refractivity contribution >= 4 is 17.7 Å². The van der Waals surface area contributed by atoms with Gasteiger partial charge in [-0.05, 0) is 61.1 Å². The van der Waals surface area contributed by atoms with Crippen molar-refractivity contribution in [3.05, 3.63) is 71.6 Å². The number of hydrogen-bond acceptors (Lipinski definition) is 5. The molecule has 1 amide bonds. The zero-order chi connectivity index (χ0) is 21.7. The van der Waals surface area contributed by atoms with E-state index in [0.29, 0.717) is 18.0 Å². The molecule has 30 heavy (non-hydrogen) atoms. The molecule has 1 aliphatic rings. The van der Waals surface area contributed by atoms with Gasteiger partial charge in [-0.15, -0.1) is 0 Å². The summed E-state index contributed by atoms with van der Waals surface area (Å²) in [5.74, 6) is -0.389.